The van der Waals surface area contributed by atoms with E-state index >= 15 is 0 Å². The zero-order valence-electron chi connectivity index (χ0n) is 8.69. The number of ether oxygens (including phenoxy) is 1. The maximum absolute atomic E-state index is 11.0. The molecule has 0 bridgehead atoms. The zero-order chi connectivity index (χ0) is 11.5. The minimum absolute atomic E-state index is 0.164. The van der Waals surface area contributed by atoms with Crippen molar-refractivity contribution in [1.29, 1.82) is 5.26 Å². The number of rotatable bonds is 2. The van der Waals surface area contributed by atoms with Gasteiger partial charge in [-0.2, -0.15) is 5.26 Å². The number of hydrogen-bond acceptors (Lipinski definition) is 4. The lowest BCUT2D eigenvalue weighted by Crippen LogP contribution is -2.04. The summed E-state index contributed by atoms with van der Waals surface area (Å²) in [4.78, 5) is 11.0. The second kappa shape index (κ2) is 4.07. The third kappa shape index (κ3) is 1.89. The predicted molar refractivity (Wildman–Crippen MR) is 56.9 cm³/mol. The summed E-state index contributed by atoms with van der Waals surface area (Å²) < 4.78 is 10.2. The van der Waals surface area contributed by atoms with Crippen molar-refractivity contribution in [3.63, 3.8) is 0 Å². The Labute approximate surface area is 92.0 Å². The summed E-state index contributed by atoms with van der Waals surface area (Å²) in [7, 11) is 0. The first-order chi connectivity index (χ1) is 7.72. The Bertz CT molecular complexity index is 577. The number of furan rings is 1. The molecule has 0 saturated heterocycles. The molecule has 80 valence electrons. The van der Waals surface area contributed by atoms with Gasteiger partial charge in [0.2, 0.25) is 0 Å². The molecule has 0 unspecified atom stereocenters. The number of hydrogen-bond donors (Lipinski definition) is 0. The van der Waals surface area contributed by atoms with E-state index < -0.39 is 0 Å². The van der Waals surface area contributed by atoms with E-state index in [2.05, 4.69) is 0 Å². The molecule has 0 aliphatic rings. The van der Waals surface area contributed by atoms with Gasteiger partial charge in [-0.1, -0.05) is 6.92 Å². The number of benzene rings is 1. The van der Waals surface area contributed by atoms with Gasteiger partial charge in [0.25, 0.3) is 5.95 Å². The van der Waals surface area contributed by atoms with Crippen molar-refractivity contribution in [1.82, 2.24) is 0 Å². The van der Waals surface area contributed by atoms with Crippen molar-refractivity contribution in [2.45, 2.75) is 13.3 Å². The van der Waals surface area contributed by atoms with Gasteiger partial charge in [-0.3, -0.25) is 4.79 Å². The average molecular weight is 215 g/mol. The highest BCUT2D eigenvalue weighted by Crippen LogP contribution is 2.25. The minimum atomic E-state index is -0.348. The first-order valence-electron chi connectivity index (χ1n) is 4.87. The molecule has 2 rings (SSSR count). The molecule has 16 heavy (non-hydrogen) atoms. The standard InChI is InChI=1S/C12H9NO3/c1-2-11(14)16-12-6-9-5-8(7-13)3-4-10(9)15-12/h3-6H,2H2,1H3. The van der Waals surface area contributed by atoms with Gasteiger partial charge in [-0.25, -0.2) is 0 Å². The quantitative estimate of drug-likeness (QED) is 0.722. The molecule has 1 heterocycles. The lowest BCUT2D eigenvalue weighted by atomic mass is 10.2. The van der Waals surface area contributed by atoms with Crippen LogP contribution in [0.4, 0.5) is 0 Å². The van der Waals surface area contributed by atoms with Crippen molar-refractivity contribution in [2.24, 2.45) is 0 Å². The van der Waals surface area contributed by atoms with Crippen molar-refractivity contribution in [3.8, 4) is 12.0 Å². The summed E-state index contributed by atoms with van der Waals surface area (Å²) in [5.74, 6) is -0.184. The monoisotopic (exact) mass is 215 g/mol. The molecule has 4 nitrogen and oxygen atoms in total. The fourth-order valence-electron chi connectivity index (χ4n) is 1.32. The largest absolute Gasteiger partial charge is 0.425 e. The summed E-state index contributed by atoms with van der Waals surface area (Å²) in [5, 5.41) is 9.47. The first kappa shape index (κ1) is 10.2. The van der Waals surface area contributed by atoms with Crippen LogP contribution >= 0.6 is 0 Å². The highest BCUT2D eigenvalue weighted by atomic mass is 16.6. The Hall–Kier alpha value is -2.28. The molecule has 4 heteroatoms. The molecule has 2 aromatic rings. The smallest absolute Gasteiger partial charge is 0.313 e. The van der Waals surface area contributed by atoms with Crippen LogP contribution in [0.15, 0.2) is 28.7 Å². The Morgan fingerprint density at radius 2 is 2.31 bits per heavy atom. The zero-order valence-corrected chi connectivity index (χ0v) is 8.69. The van der Waals surface area contributed by atoms with Gasteiger partial charge in [0.05, 0.1) is 11.6 Å². The third-order valence-electron chi connectivity index (χ3n) is 2.13. The van der Waals surface area contributed by atoms with Gasteiger partial charge in [0.1, 0.15) is 5.58 Å². The lowest BCUT2D eigenvalue weighted by Gasteiger charge is -1.94. The fraction of sp³-hybridized carbons (Fsp3) is 0.167. The lowest BCUT2D eigenvalue weighted by molar-refractivity contribution is -0.135. The first-order valence-corrected chi connectivity index (χ1v) is 4.87. The van der Waals surface area contributed by atoms with E-state index in [1.165, 1.54) is 0 Å². The summed E-state index contributed by atoms with van der Waals surface area (Å²) in [5.41, 5.74) is 1.14. The summed E-state index contributed by atoms with van der Waals surface area (Å²) in [6.07, 6.45) is 0.292. The van der Waals surface area contributed by atoms with E-state index in [4.69, 9.17) is 14.4 Å². The van der Waals surface area contributed by atoms with E-state index in [0.29, 0.717) is 17.6 Å². The molecule has 1 aromatic carbocycles. The second-order valence-electron chi connectivity index (χ2n) is 3.26. The van der Waals surface area contributed by atoms with Crippen molar-refractivity contribution in [3.05, 3.63) is 29.8 Å². The second-order valence-corrected chi connectivity index (χ2v) is 3.26. The number of carbonyl (C=O) groups excluding carboxylic acids is 1. The predicted octanol–water partition coefficient (Wildman–Crippen LogP) is 2.62. The van der Waals surface area contributed by atoms with Gasteiger partial charge >= 0.3 is 5.97 Å². The number of esters is 1. The molecule has 0 aliphatic heterocycles. The molecule has 0 saturated carbocycles. The average Bonchev–Trinajstić information content (AvgIpc) is 2.69. The van der Waals surface area contributed by atoms with Gasteiger partial charge in [-0.15, -0.1) is 0 Å². The molecule has 0 amide bonds. The van der Waals surface area contributed by atoms with Crippen molar-refractivity contribution in [2.75, 3.05) is 0 Å². The minimum Gasteiger partial charge on any atom is -0.425 e. The van der Waals surface area contributed by atoms with Crippen molar-refractivity contribution < 1.29 is 13.9 Å². The maximum atomic E-state index is 11.0. The fourth-order valence-corrected chi connectivity index (χ4v) is 1.32. The van der Waals surface area contributed by atoms with E-state index in [1.54, 1.807) is 31.2 Å². The molecular weight excluding hydrogens is 206 g/mol. The van der Waals surface area contributed by atoms with Crippen LogP contribution in [-0.4, -0.2) is 5.97 Å². The number of fused-ring (bicyclic) bond motifs is 1. The molecule has 0 atom stereocenters. The van der Waals surface area contributed by atoms with Crippen LogP contribution in [-0.2, 0) is 4.79 Å². The van der Waals surface area contributed by atoms with E-state index in [9.17, 15) is 4.79 Å². The Morgan fingerprint density at radius 1 is 1.50 bits per heavy atom. The van der Waals surface area contributed by atoms with Gasteiger partial charge in [0, 0.05) is 17.9 Å². The van der Waals surface area contributed by atoms with Crippen molar-refractivity contribution >= 4 is 16.9 Å². The summed E-state index contributed by atoms with van der Waals surface area (Å²) in [6.45, 7) is 1.71. The molecular formula is C12H9NO3. The van der Waals surface area contributed by atoms with Gasteiger partial charge in [0.15, 0.2) is 0 Å². The van der Waals surface area contributed by atoms with Crippen LogP contribution in [0.3, 0.4) is 0 Å². The Balaban J connectivity index is 2.37. The summed E-state index contributed by atoms with van der Waals surface area (Å²) in [6, 6.07) is 8.64. The SMILES string of the molecule is CCC(=O)Oc1cc2cc(C#N)ccc2o1. The van der Waals surface area contributed by atoms with E-state index in [0.717, 1.165) is 5.39 Å². The molecule has 1 aromatic heterocycles. The van der Waals surface area contributed by atoms with Crippen LogP contribution < -0.4 is 4.74 Å². The van der Waals surface area contributed by atoms with Crippen LogP contribution in [0.1, 0.15) is 18.9 Å². The Kier molecular flexibility index (Phi) is 2.61. The third-order valence-corrected chi connectivity index (χ3v) is 2.13. The number of carbonyl (C=O) groups is 1. The molecule has 0 radical (unpaired) electrons. The van der Waals surface area contributed by atoms with Crippen LogP contribution in [0.25, 0.3) is 11.0 Å². The van der Waals surface area contributed by atoms with Gasteiger partial charge in [-0.05, 0) is 18.2 Å². The highest BCUT2D eigenvalue weighted by molar-refractivity contribution is 5.81. The number of nitriles is 1. The van der Waals surface area contributed by atoms with E-state index in [-0.39, 0.29) is 11.9 Å². The molecule has 0 spiro atoms. The van der Waals surface area contributed by atoms with Gasteiger partial charge < -0.3 is 9.15 Å². The van der Waals surface area contributed by atoms with Crippen LogP contribution in [0.5, 0.6) is 5.95 Å². The summed E-state index contributed by atoms with van der Waals surface area (Å²) >= 11 is 0. The van der Waals surface area contributed by atoms with Crippen LogP contribution in [0, 0.1) is 11.3 Å². The molecule has 0 N–H and O–H groups in total. The highest BCUT2D eigenvalue weighted by Gasteiger charge is 2.08. The maximum Gasteiger partial charge on any atom is 0.313 e. The normalized spacial score (nSPS) is 10.0. The topological polar surface area (TPSA) is 63.2 Å². The number of nitrogens with zero attached hydrogens (tertiary/aromatic N) is 1. The molecule has 0 fully saturated rings. The van der Waals surface area contributed by atoms with Crippen LogP contribution in [0.2, 0.25) is 0 Å². The molecule has 0 aliphatic carbocycles. The Morgan fingerprint density at radius 3 is 3.00 bits per heavy atom. The van der Waals surface area contributed by atoms with E-state index in [1.807, 2.05) is 6.07 Å².